The number of carboxylic acid groups (broad SMARTS) is 1. The zero-order chi connectivity index (χ0) is 14.7. The molecular formula is C12H19N3O5. The molecule has 2 unspecified atom stereocenters. The van der Waals surface area contributed by atoms with Crippen LogP contribution in [-0.4, -0.2) is 77.7 Å². The molecule has 2 fully saturated rings. The Kier molecular flexibility index (Phi) is 4.43. The van der Waals surface area contributed by atoms with Gasteiger partial charge in [-0.15, -0.1) is 0 Å². The molecule has 8 nitrogen and oxygen atoms in total. The van der Waals surface area contributed by atoms with E-state index in [1.807, 2.05) is 0 Å². The average Bonchev–Trinajstić information content (AvgIpc) is 2.85. The number of morpholine rings is 1. The first-order valence-electron chi connectivity index (χ1n) is 6.62. The molecule has 2 aliphatic heterocycles. The number of carbonyl (C=O) groups excluding carboxylic acids is 2. The summed E-state index contributed by atoms with van der Waals surface area (Å²) in [6.45, 7) is 3.17. The Hall–Kier alpha value is -1.83. The van der Waals surface area contributed by atoms with Crippen molar-refractivity contribution in [1.29, 1.82) is 0 Å². The molecule has 2 N–H and O–H groups in total. The summed E-state index contributed by atoms with van der Waals surface area (Å²) in [4.78, 5) is 37.3. The van der Waals surface area contributed by atoms with Gasteiger partial charge in [0.2, 0.25) is 5.91 Å². The first kappa shape index (κ1) is 14.6. The van der Waals surface area contributed by atoms with Crippen molar-refractivity contribution in [1.82, 2.24) is 15.1 Å². The topological polar surface area (TPSA) is 99.2 Å². The van der Waals surface area contributed by atoms with Gasteiger partial charge in [-0.1, -0.05) is 0 Å². The van der Waals surface area contributed by atoms with Crippen molar-refractivity contribution in [2.24, 2.45) is 0 Å². The van der Waals surface area contributed by atoms with E-state index in [1.165, 1.54) is 11.8 Å². The summed E-state index contributed by atoms with van der Waals surface area (Å²) >= 11 is 0. The molecule has 2 rings (SSSR count). The summed E-state index contributed by atoms with van der Waals surface area (Å²) in [5.41, 5.74) is 0. The molecule has 112 valence electrons. The van der Waals surface area contributed by atoms with E-state index in [2.05, 4.69) is 5.32 Å². The molecule has 0 aromatic carbocycles. The number of hydrogen-bond donors (Lipinski definition) is 2. The predicted molar refractivity (Wildman–Crippen MR) is 68.1 cm³/mol. The maximum absolute atomic E-state index is 12.3. The highest BCUT2D eigenvalue weighted by Crippen LogP contribution is 2.14. The number of likely N-dealkylation sites (tertiary alicyclic amines) is 1. The van der Waals surface area contributed by atoms with E-state index in [1.54, 1.807) is 4.90 Å². The number of nitrogens with one attached hydrogen (secondary N) is 1. The lowest BCUT2D eigenvalue weighted by molar-refractivity contribution is -0.154. The first-order valence-corrected chi connectivity index (χ1v) is 6.62. The van der Waals surface area contributed by atoms with Crippen molar-refractivity contribution >= 4 is 17.9 Å². The molecule has 0 aliphatic carbocycles. The number of urea groups is 1. The molecule has 0 bridgehead atoms. The van der Waals surface area contributed by atoms with Crippen molar-refractivity contribution < 1.29 is 24.2 Å². The molecule has 2 saturated heterocycles. The van der Waals surface area contributed by atoms with E-state index in [-0.39, 0.29) is 31.1 Å². The minimum Gasteiger partial charge on any atom is -0.479 e. The number of aliphatic carboxylic acids is 1. The molecule has 2 atom stereocenters. The van der Waals surface area contributed by atoms with Gasteiger partial charge in [0.05, 0.1) is 13.2 Å². The summed E-state index contributed by atoms with van der Waals surface area (Å²) in [6.07, 6.45) is -0.237. The third kappa shape index (κ3) is 3.38. The second-order valence-electron chi connectivity index (χ2n) is 5.06. The van der Waals surface area contributed by atoms with Gasteiger partial charge in [-0.05, 0) is 6.42 Å². The molecule has 0 aromatic rings. The maximum Gasteiger partial charge on any atom is 0.334 e. The monoisotopic (exact) mass is 285 g/mol. The first-order chi connectivity index (χ1) is 9.47. The highest BCUT2D eigenvalue weighted by molar-refractivity contribution is 5.78. The fourth-order valence-corrected chi connectivity index (χ4v) is 2.51. The van der Waals surface area contributed by atoms with Crippen LogP contribution in [0.2, 0.25) is 0 Å². The second kappa shape index (κ2) is 6.08. The van der Waals surface area contributed by atoms with E-state index < -0.39 is 12.1 Å². The van der Waals surface area contributed by atoms with Gasteiger partial charge in [-0.3, -0.25) is 4.79 Å². The van der Waals surface area contributed by atoms with Gasteiger partial charge >= 0.3 is 12.0 Å². The summed E-state index contributed by atoms with van der Waals surface area (Å²) in [5, 5.41) is 11.7. The lowest BCUT2D eigenvalue weighted by Crippen LogP contribution is -2.52. The summed E-state index contributed by atoms with van der Waals surface area (Å²) in [5.74, 6) is -1.17. The number of nitrogens with zero attached hydrogens (tertiary/aromatic N) is 2. The van der Waals surface area contributed by atoms with Gasteiger partial charge in [0.1, 0.15) is 0 Å². The molecule has 8 heteroatoms. The maximum atomic E-state index is 12.3. The van der Waals surface area contributed by atoms with Gasteiger partial charge in [0, 0.05) is 32.6 Å². The van der Waals surface area contributed by atoms with Crippen LogP contribution in [0.4, 0.5) is 4.79 Å². The van der Waals surface area contributed by atoms with Crippen molar-refractivity contribution in [3.05, 3.63) is 0 Å². The molecule has 2 aliphatic rings. The van der Waals surface area contributed by atoms with Crippen LogP contribution in [0, 0.1) is 0 Å². The van der Waals surface area contributed by atoms with Crippen LogP contribution in [0.15, 0.2) is 0 Å². The molecule has 20 heavy (non-hydrogen) atoms. The van der Waals surface area contributed by atoms with E-state index in [9.17, 15) is 14.4 Å². The lowest BCUT2D eigenvalue weighted by atomic mass is 10.2. The zero-order valence-corrected chi connectivity index (χ0v) is 11.4. The summed E-state index contributed by atoms with van der Waals surface area (Å²) in [7, 11) is 0. The molecule has 0 radical (unpaired) electrons. The van der Waals surface area contributed by atoms with Crippen LogP contribution in [0.5, 0.6) is 0 Å². The van der Waals surface area contributed by atoms with Gasteiger partial charge in [0.25, 0.3) is 0 Å². The predicted octanol–water partition coefficient (Wildman–Crippen LogP) is -0.898. The minimum absolute atomic E-state index is 0.0206. The van der Waals surface area contributed by atoms with Gasteiger partial charge in [-0.25, -0.2) is 9.59 Å². The SMILES string of the molecule is CC(=O)NC1CCN(C(=O)N2CCOC(C(=O)O)C2)C1. The molecule has 0 saturated carbocycles. The molecule has 3 amide bonds. The van der Waals surface area contributed by atoms with Crippen molar-refractivity contribution in [2.45, 2.75) is 25.5 Å². The van der Waals surface area contributed by atoms with Crippen LogP contribution in [0.1, 0.15) is 13.3 Å². The van der Waals surface area contributed by atoms with Crippen molar-refractivity contribution in [3.8, 4) is 0 Å². The van der Waals surface area contributed by atoms with Crippen LogP contribution >= 0.6 is 0 Å². The van der Waals surface area contributed by atoms with Crippen LogP contribution in [0.3, 0.4) is 0 Å². The van der Waals surface area contributed by atoms with Gasteiger partial charge in [-0.2, -0.15) is 0 Å². The number of carboxylic acids is 1. The number of carbonyl (C=O) groups is 3. The Balaban J connectivity index is 1.88. The van der Waals surface area contributed by atoms with Crippen molar-refractivity contribution in [2.75, 3.05) is 32.8 Å². The smallest absolute Gasteiger partial charge is 0.334 e. The average molecular weight is 285 g/mol. The summed E-state index contributed by atoms with van der Waals surface area (Å²) < 4.78 is 5.09. The number of amides is 3. The van der Waals surface area contributed by atoms with E-state index in [0.717, 1.165) is 6.42 Å². The van der Waals surface area contributed by atoms with Crippen molar-refractivity contribution in [3.63, 3.8) is 0 Å². The summed E-state index contributed by atoms with van der Waals surface area (Å²) in [6, 6.07) is -0.208. The third-order valence-corrected chi connectivity index (χ3v) is 3.48. The largest absolute Gasteiger partial charge is 0.479 e. The van der Waals surface area contributed by atoms with E-state index in [0.29, 0.717) is 19.6 Å². The quantitative estimate of drug-likeness (QED) is 0.685. The Bertz CT molecular complexity index is 414. The van der Waals surface area contributed by atoms with Crippen LogP contribution in [0.25, 0.3) is 0 Å². The number of hydrogen-bond acceptors (Lipinski definition) is 4. The van der Waals surface area contributed by atoms with Crippen LogP contribution in [-0.2, 0) is 14.3 Å². The highest BCUT2D eigenvalue weighted by Gasteiger charge is 2.34. The Morgan fingerprint density at radius 1 is 1.20 bits per heavy atom. The van der Waals surface area contributed by atoms with Gasteiger partial charge < -0.3 is 25.0 Å². The lowest BCUT2D eigenvalue weighted by Gasteiger charge is -2.33. The zero-order valence-electron chi connectivity index (χ0n) is 11.4. The van der Waals surface area contributed by atoms with E-state index in [4.69, 9.17) is 9.84 Å². The fraction of sp³-hybridized carbons (Fsp3) is 0.750. The highest BCUT2D eigenvalue weighted by atomic mass is 16.5. The fourth-order valence-electron chi connectivity index (χ4n) is 2.51. The number of ether oxygens (including phenoxy) is 1. The molecule has 0 aromatic heterocycles. The normalized spacial score (nSPS) is 26.4. The molecule has 0 spiro atoms. The molecular weight excluding hydrogens is 266 g/mol. The Morgan fingerprint density at radius 3 is 2.55 bits per heavy atom. The minimum atomic E-state index is -1.06. The Morgan fingerprint density at radius 2 is 1.90 bits per heavy atom. The molecule has 2 heterocycles. The standard InChI is InChI=1S/C12H19N3O5/c1-8(16)13-9-2-3-14(6-9)12(19)15-4-5-20-10(7-15)11(17)18/h9-10H,2-7H2,1H3,(H,13,16)(H,17,18). The third-order valence-electron chi connectivity index (χ3n) is 3.48. The second-order valence-corrected chi connectivity index (χ2v) is 5.06. The van der Waals surface area contributed by atoms with E-state index >= 15 is 0 Å². The Labute approximate surface area is 116 Å². The van der Waals surface area contributed by atoms with Crippen LogP contribution < -0.4 is 5.32 Å². The number of rotatable bonds is 2. The van der Waals surface area contributed by atoms with Gasteiger partial charge in [0.15, 0.2) is 6.10 Å².